The molecule has 1 saturated heterocycles. The van der Waals surface area contributed by atoms with Gasteiger partial charge in [0.1, 0.15) is 5.69 Å². The van der Waals surface area contributed by atoms with Gasteiger partial charge < -0.3 is 14.2 Å². The van der Waals surface area contributed by atoms with Gasteiger partial charge in [-0.1, -0.05) is 17.3 Å². The lowest BCUT2D eigenvalue weighted by molar-refractivity contribution is 0.116. The first-order chi connectivity index (χ1) is 16.0. The Kier molecular flexibility index (Phi) is 5.78. The van der Waals surface area contributed by atoms with Crippen LogP contribution in [0.25, 0.3) is 22.7 Å². The van der Waals surface area contributed by atoms with Crippen molar-refractivity contribution in [3.05, 3.63) is 60.4 Å². The van der Waals surface area contributed by atoms with Gasteiger partial charge in [-0.2, -0.15) is 8.78 Å². The van der Waals surface area contributed by atoms with Gasteiger partial charge in [0, 0.05) is 43.6 Å². The molecule has 33 heavy (non-hydrogen) atoms. The molecule has 1 fully saturated rings. The second-order valence-corrected chi connectivity index (χ2v) is 7.92. The lowest BCUT2D eigenvalue weighted by Crippen LogP contribution is -2.44. The van der Waals surface area contributed by atoms with Gasteiger partial charge in [-0.15, -0.1) is 15.3 Å². The molecule has 9 nitrogen and oxygen atoms in total. The van der Waals surface area contributed by atoms with Crippen LogP contribution in [0.15, 0.2) is 53.2 Å². The van der Waals surface area contributed by atoms with E-state index in [0.717, 1.165) is 43.1 Å². The molecule has 0 aliphatic carbocycles. The summed E-state index contributed by atoms with van der Waals surface area (Å²) in [6.07, 6.45) is 0.573. The molecule has 4 heterocycles. The number of alkyl halides is 2. The Labute approximate surface area is 188 Å². The van der Waals surface area contributed by atoms with Crippen LogP contribution < -0.4 is 4.90 Å². The van der Waals surface area contributed by atoms with Gasteiger partial charge in [0.2, 0.25) is 5.89 Å². The summed E-state index contributed by atoms with van der Waals surface area (Å²) in [5.74, 6) is -0.701. The first-order valence-electron chi connectivity index (χ1n) is 10.6. The molecule has 1 aliphatic rings. The number of pyridine rings is 1. The van der Waals surface area contributed by atoms with Gasteiger partial charge in [-0.05, 0) is 31.3 Å². The Morgan fingerprint density at radius 3 is 2.36 bits per heavy atom. The van der Waals surface area contributed by atoms with Crippen LogP contribution in [0.2, 0.25) is 0 Å². The Hall–Kier alpha value is -3.73. The molecule has 1 aliphatic heterocycles. The minimum absolute atomic E-state index is 0.00686. The summed E-state index contributed by atoms with van der Waals surface area (Å²) in [6.45, 7) is 4.60. The molecular formula is C22H22F2N8O. The Balaban J connectivity index is 1.23. The second kappa shape index (κ2) is 9.02. The summed E-state index contributed by atoms with van der Waals surface area (Å²) in [6, 6.07) is 11.8. The number of likely N-dealkylation sites (N-methyl/N-ethyl adjacent to an activating group) is 1. The van der Waals surface area contributed by atoms with Crippen LogP contribution in [0.4, 0.5) is 14.5 Å². The van der Waals surface area contributed by atoms with Gasteiger partial charge in [-0.3, -0.25) is 4.98 Å². The lowest BCUT2D eigenvalue weighted by Gasteiger charge is -2.34. The molecule has 11 heteroatoms. The highest BCUT2D eigenvalue weighted by molar-refractivity contribution is 5.62. The fourth-order valence-electron chi connectivity index (χ4n) is 3.67. The van der Waals surface area contributed by atoms with E-state index in [1.807, 2.05) is 6.20 Å². The zero-order valence-electron chi connectivity index (χ0n) is 18.0. The summed E-state index contributed by atoms with van der Waals surface area (Å²) in [7, 11) is 2.15. The molecule has 0 spiro atoms. The van der Waals surface area contributed by atoms with Crippen molar-refractivity contribution in [3.8, 4) is 22.7 Å². The van der Waals surface area contributed by atoms with E-state index < -0.39 is 12.3 Å². The molecular weight excluding hydrogens is 430 g/mol. The topological polar surface area (TPSA) is 89.0 Å². The highest BCUT2D eigenvalue weighted by Gasteiger charge is 2.17. The molecule has 4 aromatic rings. The molecule has 170 valence electrons. The maximum Gasteiger partial charge on any atom is 0.314 e. The van der Waals surface area contributed by atoms with Crippen LogP contribution in [0, 0.1) is 0 Å². The Bertz CT molecular complexity index is 1200. The maximum atomic E-state index is 12.6. The predicted octanol–water partition coefficient (Wildman–Crippen LogP) is 3.13. The average molecular weight is 452 g/mol. The molecule has 3 aromatic heterocycles. The highest BCUT2D eigenvalue weighted by atomic mass is 19.3. The summed E-state index contributed by atoms with van der Waals surface area (Å²) < 4.78 is 31.9. The predicted molar refractivity (Wildman–Crippen MR) is 117 cm³/mol. The molecule has 5 rings (SSSR count). The number of piperazine rings is 1. The van der Waals surface area contributed by atoms with Crippen molar-refractivity contribution in [1.82, 2.24) is 35.1 Å². The van der Waals surface area contributed by atoms with E-state index in [2.05, 4.69) is 66.6 Å². The number of rotatable bonds is 6. The van der Waals surface area contributed by atoms with Gasteiger partial charge in [0.25, 0.3) is 5.89 Å². The highest BCUT2D eigenvalue weighted by Crippen LogP contribution is 2.24. The van der Waals surface area contributed by atoms with Gasteiger partial charge in [-0.25, -0.2) is 4.68 Å². The van der Waals surface area contributed by atoms with Crippen LogP contribution >= 0.6 is 0 Å². The fraction of sp³-hybridized carbons (Fsp3) is 0.318. The molecule has 1 aromatic carbocycles. The van der Waals surface area contributed by atoms with Gasteiger partial charge in [0.05, 0.1) is 24.0 Å². The van der Waals surface area contributed by atoms with E-state index in [9.17, 15) is 8.78 Å². The van der Waals surface area contributed by atoms with Crippen molar-refractivity contribution in [3.63, 3.8) is 0 Å². The number of hydrogen-bond donors (Lipinski definition) is 0. The molecule has 0 radical (unpaired) electrons. The largest absolute Gasteiger partial charge is 0.415 e. The minimum atomic E-state index is -2.80. The maximum absolute atomic E-state index is 12.6. The number of hydrogen-bond acceptors (Lipinski definition) is 8. The quantitative estimate of drug-likeness (QED) is 0.441. The molecule has 0 bridgehead atoms. The fourth-order valence-corrected chi connectivity index (χ4v) is 3.67. The minimum Gasteiger partial charge on any atom is -0.415 e. The Morgan fingerprint density at radius 1 is 0.939 bits per heavy atom. The molecule has 0 amide bonds. The van der Waals surface area contributed by atoms with Crippen molar-refractivity contribution in [1.29, 1.82) is 0 Å². The standard InChI is InChI=1S/C22H22F2N8O/c1-30-8-10-31(11-9-30)18-6-3-15(4-7-18)19-14-32(29-26-19)13-17-5-2-16(12-25-17)21-27-28-22(33-21)20(23)24/h2-7,12,14,20H,8-11,13H2,1H3. The Morgan fingerprint density at radius 2 is 1.70 bits per heavy atom. The van der Waals surface area contributed by atoms with Crippen molar-refractivity contribution < 1.29 is 13.2 Å². The third-order valence-electron chi connectivity index (χ3n) is 5.59. The lowest BCUT2D eigenvalue weighted by atomic mass is 10.1. The SMILES string of the molecule is CN1CCN(c2ccc(-c3cn(Cc4ccc(-c5nnc(C(F)F)o5)cn4)nn3)cc2)CC1. The van der Waals surface area contributed by atoms with Gasteiger partial charge in [0.15, 0.2) is 0 Å². The van der Waals surface area contributed by atoms with Crippen molar-refractivity contribution in [2.75, 3.05) is 38.1 Å². The van der Waals surface area contributed by atoms with Gasteiger partial charge >= 0.3 is 6.43 Å². The van der Waals surface area contributed by atoms with E-state index in [1.165, 1.54) is 11.9 Å². The molecule has 0 atom stereocenters. The van der Waals surface area contributed by atoms with Crippen molar-refractivity contribution in [2.24, 2.45) is 0 Å². The smallest absolute Gasteiger partial charge is 0.314 e. The molecule has 0 saturated carbocycles. The van der Waals surface area contributed by atoms with Crippen LogP contribution in [-0.2, 0) is 6.54 Å². The number of nitrogens with zero attached hydrogens (tertiary/aromatic N) is 8. The third kappa shape index (κ3) is 4.72. The van der Waals surface area contributed by atoms with E-state index >= 15 is 0 Å². The van der Waals surface area contributed by atoms with E-state index in [0.29, 0.717) is 12.1 Å². The molecule has 0 unspecified atom stereocenters. The number of aromatic nitrogens is 6. The monoisotopic (exact) mass is 452 g/mol. The van der Waals surface area contributed by atoms with E-state index in [-0.39, 0.29) is 5.89 Å². The first kappa shape index (κ1) is 21.1. The second-order valence-electron chi connectivity index (χ2n) is 7.92. The summed E-state index contributed by atoms with van der Waals surface area (Å²) in [5, 5.41) is 15.4. The summed E-state index contributed by atoms with van der Waals surface area (Å²) in [5.41, 5.74) is 4.19. The van der Waals surface area contributed by atoms with Crippen LogP contribution in [0.1, 0.15) is 18.0 Å². The third-order valence-corrected chi connectivity index (χ3v) is 5.59. The van der Waals surface area contributed by atoms with Crippen LogP contribution in [0.5, 0.6) is 0 Å². The number of anilines is 1. The van der Waals surface area contributed by atoms with Crippen LogP contribution in [0.3, 0.4) is 0 Å². The van der Waals surface area contributed by atoms with E-state index in [1.54, 1.807) is 16.8 Å². The summed E-state index contributed by atoms with van der Waals surface area (Å²) in [4.78, 5) is 9.06. The first-order valence-corrected chi connectivity index (χ1v) is 10.6. The average Bonchev–Trinajstić information content (AvgIpc) is 3.51. The molecule has 0 N–H and O–H groups in total. The van der Waals surface area contributed by atoms with Crippen LogP contribution in [-0.4, -0.2) is 68.3 Å². The zero-order valence-corrected chi connectivity index (χ0v) is 18.0. The number of halogens is 2. The van der Waals surface area contributed by atoms with E-state index in [4.69, 9.17) is 4.42 Å². The normalized spacial score (nSPS) is 14.8. The zero-order chi connectivity index (χ0) is 22.8. The summed E-state index contributed by atoms with van der Waals surface area (Å²) >= 11 is 0. The van der Waals surface area contributed by atoms with Crippen molar-refractivity contribution >= 4 is 5.69 Å². The van der Waals surface area contributed by atoms with Crippen molar-refractivity contribution in [2.45, 2.75) is 13.0 Å². The number of benzene rings is 1.